The molecule has 0 radical (unpaired) electrons. The van der Waals surface area contributed by atoms with Crippen molar-refractivity contribution in [1.82, 2.24) is 5.32 Å². The second-order valence-corrected chi connectivity index (χ2v) is 8.81. The fraction of sp³-hybridized carbons (Fsp3) is 0.381. The molecular weight excluding hydrogens is 314 g/mol. The zero-order valence-electron chi connectivity index (χ0n) is 14.8. The van der Waals surface area contributed by atoms with Crippen molar-refractivity contribution in [2.24, 2.45) is 0 Å². The molecule has 0 aromatic heterocycles. The maximum absolute atomic E-state index is 12.4. The van der Waals surface area contributed by atoms with Crippen molar-refractivity contribution in [3.05, 3.63) is 71.8 Å². The SMILES string of the molecule is CC(C)(C)SCCNC(=O)CC(c1ccccc1)c1ccccc1. The molecular formula is C21H27NOS. The summed E-state index contributed by atoms with van der Waals surface area (Å²) in [6, 6.07) is 20.5. The number of carbonyl (C=O) groups is 1. The molecule has 0 saturated carbocycles. The topological polar surface area (TPSA) is 29.1 Å². The van der Waals surface area contributed by atoms with Crippen molar-refractivity contribution < 1.29 is 4.79 Å². The van der Waals surface area contributed by atoms with Crippen LogP contribution in [-0.4, -0.2) is 23.0 Å². The van der Waals surface area contributed by atoms with Gasteiger partial charge in [0.05, 0.1) is 0 Å². The quantitative estimate of drug-likeness (QED) is 0.729. The van der Waals surface area contributed by atoms with Crippen LogP contribution in [-0.2, 0) is 4.79 Å². The van der Waals surface area contributed by atoms with Gasteiger partial charge in [0, 0.05) is 29.4 Å². The first kappa shape index (κ1) is 18.6. The molecule has 1 N–H and O–H groups in total. The van der Waals surface area contributed by atoms with Gasteiger partial charge in [-0.25, -0.2) is 0 Å². The molecule has 0 heterocycles. The highest BCUT2D eigenvalue weighted by atomic mass is 32.2. The second kappa shape index (κ2) is 8.93. The number of amides is 1. The van der Waals surface area contributed by atoms with Gasteiger partial charge in [0.25, 0.3) is 0 Å². The molecule has 24 heavy (non-hydrogen) atoms. The fourth-order valence-electron chi connectivity index (χ4n) is 2.60. The Morgan fingerprint density at radius 2 is 1.46 bits per heavy atom. The molecule has 2 aromatic rings. The van der Waals surface area contributed by atoms with Crippen LogP contribution in [0.3, 0.4) is 0 Å². The minimum atomic E-state index is 0.0997. The Morgan fingerprint density at radius 1 is 0.958 bits per heavy atom. The van der Waals surface area contributed by atoms with Crippen LogP contribution >= 0.6 is 11.8 Å². The Kier molecular flexibility index (Phi) is 6.92. The summed E-state index contributed by atoms with van der Waals surface area (Å²) in [5, 5.41) is 3.07. The molecule has 2 nitrogen and oxygen atoms in total. The summed E-state index contributed by atoms with van der Waals surface area (Å²) in [7, 11) is 0. The molecule has 0 aliphatic heterocycles. The van der Waals surface area contributed by atoms with Crippen LogP contribution in [0.2, 0.25) is 0 Å². The van der Waals surface area contributed by atoms with Crippen molar-refractivity contribution in [3.63, 3.8) is 0 Å². The highest BCUT2D eigenvalue weighted by Crippen LogP contribution is 2.27. The third kappa shape index (κ3) is 6.40. The average Bonchev–Trinajstić information content (AvgIpc) is 2.57. The lowest BCUT2D eigenvalue weighted by Crippen LogP contribution is -2.28. The Morgan fingerprint density at radius 3 is 1.92 bits per heavy atom. The summed E-state index contributed by atoms with van der Waals surface area (Å²) in [5.41, 5.74) is 2.37. The van der Waals surface area contributed by atoms with Crippen LogP contribution in [0.4, 0.5) is 0 Å². The lowest BCUT2D eigenvalue weighted by molar-refractivity contribution is -0.121. The minimum absolute atomic E-state index is 0.0997. The predicted octanol–water partition coefficient (Wildman–Crippen LogP) is 4.86. The first-order valence-corrected chi connectivity index (χ1v) is 9.45. The van der Waals surface area contributed by atoms with Gasteiger partial charge < -0.3 is 5.32 Å². The van der Waals surface area contributed by atoms with Crippen molar-refractivity contribution in [1.29, 1.82) is 0 Å². The number of carbonyl (C=O) groups excluding carboxylic acids is 1. The Labute approximate surface area is 150 Å². The summed E-state index contributed by atoms with van der Waals surface area (Å²) in [6.45, 7) is 7.30. The van der Waals surface area contributed by atoms with E-state index in [0.29, 0.717) is 6.42 Å². The van der Waals surface area contributed by atoms with Crippen molar-refractivity contribution >= 4 is 17.7 Å². The second-order valence-electron chi connectivity index (χ2n) is 6.89. The van der Waals surface area contributed by atoms with Gasteiger partial charge in [-0.1, -0.05) is 81.4 Å². The van der Waals surface area contributed by atoms with Crippen LogP contribution in [0.1, 0.15) is 44.2 Å². The van der Waals surface area contributed by atoms with Gasteiger partial charge in [0.15, 0.2) is 0 Å². The highest BCUT2D eigenvalue weighted by molar-refractivity contribution is 8.00. The minimum Gasteiger partial charge on any atom is -0.355 e. The van der Waals surface area contributed by atoms with Crippen LogP contribution in [0.5, 0.6) is 0 Å². The lowest BCUT2D eigenvalue weighted by Gasteiger charge is -2.19. The van der Waals surface area contributed by atoms with Crippen LogP contribution in [0.15, 0.2) is 60.7 Å². The molecule has 0 unspecified atom stereocenters. The summed E-state index contributed by atoms with van der Waals surface area (Å²) in [5.74, 6) is 1.15. The summed E-state index contributed by atoms with van der Waals surface area (Å²) < 4.78 is 0.237. The molecule has 0 saturated heterocycles. The van der Waals surface area contributed by atoms with E-state index < -0.39 is 0 Å². The predicted molar refractivity (Wildman–Crippen MR) is 105 cm³/mol. The third-order valence-corrected chi connectivity index (χ3v) is 5.03. The highest BCUT2D eigenvalue weighted by Gasteiger charge is 2.18. The number of hydrogen-bond acceptors (Lipinski definition) is 2. The molecule has 3 heteroatoms. The Hall–Kier alpha value is -1.74. The van der Waals surface area contributed by atoms with E-state index in [0.717, 1.165) is 12.3 Å². The number of rotatable bonds is 7. The largest absolute Gasteiger partial charge is 0.355 e. The molecule has 0 fully saturated rings. The van der Waals surface area contributed by atoms with Gasteiger partial charge in [-0.15, -0.1) is 0 Å². The van der Waals surface area contributed by atoms with E-state index in [1.807, 2.05) is 48.2 Å². The van der Waals surface area contributed by atoms with E-state index >= 15 is 0 Å². The molecule has 0 spiro atoms. The molecule has 0 bridgehead atoms. The molecule has 0 aliphatic rings. The van der Waals surface area contributed by atoms with E-state index in [9.17, 15) is 4.79 Å². The maximum Gasteiger partial charge on any atom is 0.220 e. The fourth-order valence-corrected chi connectivity index (χ4v) is 3.42. The first-order chi connectivity index (χ1) is 11.5. The number of nitrogens with one attached hydrogen (secondary N) is 1. The summed E-state index contributed by atoms with van der Waals surface area (Å²) in [4.78, 5) is 12.4. The monoisotopic (exact) mass is 341 g/mol. The van der Waals surface area contributed by atoms with E-state index in [4.69, 9.17) is 0 Å². The zero-order valence-corrected chi connectivity index (χ0v) is 15.6. The van der Waals surface area contributed by atoms with Gasteiger partial charge in [-0.2, -0.15) is 11.8 Å². The smallest absolute Gasteiger partial charge is 0.220 e. The molecule has 2 rings (SSSR count). The van der Waals surface area contributed by atoms with Gasteiger partial charge >= 0.3 is 0 Å². The summed E-state index contributed by atoms with van der Waals surface area (Å²) in [6.07, 6.45) is 0.480. The van der Waals surface area contributed by atoms with Gasteiger partial charge in [0.2, 0.25) is 5.91 Å². The van der Waals surface area contributed by atoms with E-state index in [2.05, 4.69) is 50.4 Å². The molecule has 2 aromatic carbocycles. The molecule has 1 amide bonds. The van der Waals surface area contributed by atoms with Gasteiger partial charge in [0.1, 0.15) is 0 Å². The lowest BCUT2D eigenvalue weighted by atomic mass is 9.88. The number of hydrogen-bond donors (Lipinski definition) is 1. The van der Waals surface area contributed by atoms with Crippen molar-refractivity contribution in [2.75, 3.05) is 12.3 Å². The first-order valence-electron chi connectivity index (χ1n) is 8.46. The van der Waals surface area contributed by atoms with Crippen molar-refractivity contribution in [2.45, 2.75) is 37.9 Å². The van der Waals surface area contributed by atoms with Crippen molar-refractivity contribution in [3.8, 4) is 0 Å². The van der Waals surface area contributed by atoms with E-state index in [1.165, 1.54) is 11.1 Å². The molecule has 128 valence electrons. The Balaban J connectivity index is 1.97. The third-order valence-electron chi connectivity index (χ3n) is 3.75. The molecule has 0 atom stereocenters. The number of thioether (sulfide) groups is 1. The van der Waals surface area contributed by atoms with Crippen LogP contribution in [0.25, 0.3) is 0 Å². The molecule has 0 aliphatic carbocycles. The van der Waals surface area contributed by atoms with E-state index in [1.54, 1.807) is 0 Å². The van der Waals surface area contributed by atoms with Crippen LogP contribution in [0, 0.1) is 0 Å². The maximum atomic E-state index is 12.4. The van der Waals surface area contributed by atoms with Crippen LogP contribution < -0.4 is 5.32 Å². The zero-order chi connectivity index (χ0) is 17.4. The summed E-state index contributed by atoms with van der Waals surface area (Å²) >= 11 is 1.87. The van der Waals surface area contributed by atoms with Gasteiger partial charge in [-0.3, -0.25) is 4.79 Å². The average molecular weight is 342 g/mol. The van der Waals surface area contributed by atoms with E-state index in [-0.39, 0.29) is 16.6 Å². The Bertz CT molecular complexity index is 580. The standard InChI is InChI=1S/C21H27NOS/c1-21(2,3)24-15-14-22-20(23)16-19(17-10-6-4-7-11-17)18-12-8-5-9-13-18/h4-13,19H,14-16H2,1-3H3,(H,22,23). The number of benzene rings is 2. The normalized spacial score (nSPS) is 11.5. The van der Waals surface area contributed by atoms with Gasteiger partial charge in [-0.05, 0) is 11.1 Å².